The van der Waals surface area contributed by atoms with E-state index in [0.717, 1.165) is 38.6 Å². The van der Waals surface area contributed by atoms with Gasteiger partial charge in [0.25, 0.3) is 0 Å². The highest BCUT2D eigenvalue weighted by atomic mass is 127. The molecule has 1 fully saturated rings. The Kier molecular flexibility index (Phi) is 11.0. The van der Waals surface area contributed by atoms with Gasteiger partial charge in [0, 0.05) is 32.6 Å². The lowest BCUT2D eigenvalue weighted by Crippen LogP contribution is -2.39. The highest BCUT2D eigenvalue weighted by molar-refractivity contribution is 14.0. The third kappa shape index (κ3) is 7.59. The number of halogens is 1. The molecule has 1 amide bonds. The minimum absolute atomic E-state index is 0. The van der Waals surface area contributed by atoms with E-state index in [1.54, 1.807) is 0 Å². The molecule has 0 aliphatic carbocycles. The van der Waals surface area contributed by atoms with Crippen molar-refractivity contribution in [3.8, 4) is 0 Å². The predicted molar refractivity (Wildman–Crippen MR) is 90.1 cm³/mol. The van der Waals surface area contributed by atoms with Gasteiger partial charge in [-0.25, -0.2) is 0 Å². The minimum Gasteiger partial charge on any atom is -0.357 e. The molecular formula is C13H27IN4O. The molecule has 0 radical (unpaired) electrons. The zero-order valence-corrected chi connectivity index (χ0v) is 14.4. The average Bonchev–Trinajstić information content (AvgIpc) is 2.89. The van der Waals surface area contributed by atoms with Crippen LogP contribution in [0.15, 0.2) is 4.99 Å². The second-order valence-electron chi connectivity index (χ2n) is 4.53. The van der Waals surface area contributed by atoms with Crippen molar-refractivity contribution in [2.24, 2.45) is 4.99 Å². The SMILES string of the molecule is CCCNC(=O)CCN=C(NCC)N1CCCC1.I. The van der Waals surface area contributed by atoms with E-state index in [9.17, 15) is 4.79 Å². The Morgan fingerprint density at radius 3 is 2.47 bits per heavy atom. The van der Waals surface area contributed by atoms with Crippen LogP contribution in [0.25, 0.3) is 0 Å². The van der Waals surface area contributed by atoms with Crippen LogP contribution >= 0.6 is 24.0 Å². The number of nitrogens with one attached hydrogen (secondary N) is 2. The van der Waals surface area contributed by atoms with E-state index in [4.69, 9.17) is 0 Å². The molecule has 1 aliphatic rings. The highest BCUT2D eigenvalue weighted by Crippen LogP contribution is 2.07. The first-order valence-corrected chi connectivity index (χ1v) is 7.07. The van der Waals surface area contributed by atoms with Crippen LogP contribution in [0.1, 0.15) is 39.5 Å². The van der Waals surface area contributed by atoms with E-state index in [2.05, 4.69) is 34.4 Å². The molecule has 5 nitrogen and oxygen atoms in total. The quantitative estimate of drug-likeness (QED) is 0.417. The van der Waals surface area contributed by atoms with Crippen molar-refractivity contribution in [3.63, 3.8) is 0 Å². The third-order valence-corrected chi connectivity index (χ3v) is 2.91. The van der Waals surface area contributed by atoms with Crippen LogP contribution in [-0.2, 0) is 4.79 Å². The molecule has 19 heavy (non-hydrogen) atoms. The fourth-order valence-electron chi connectivity index (χ4n) is 1.97. The molecule has 0 spiro atoms. The molecule has 112 valence electrons. The predicted octanol–water partition coefficient (Wildman–Crippen LogP) is 1.58. The van der Waals surface area contributed by atoms with Crippen molar-refractivity contribution < 1.29 is 4.79 Å². The molecule has 0 atom stereocenters. The number of nitrogens with zero attached hydrogens (tertiary/aromatic N) is 2. The Morgan fingerprint density at radius 2 is 1.89 bits per heavy atom. The Morgan fingerprint density at radius 1 is 1.21 bits per heavy atom. The summed E-state index contributed by atoms with van der Waals surface area (Å²) in [7, 11) is 0. The third-order valence-electron chi connectivity index (χ3n) is 2.91. The lowest BCUT2D eigenvalue weighted by molar-refractivity contribution is -0.120. The van der Waals surface area contributed by atoms with Gasteiger partial charge in [0.1, 0.15) is 0 Å². The summed E-state index contributed by atoms with van der Waals surface area (Å²) >= 11 is 0. The maximum Gasteiger partial charge on any atom is 0.221 e. The van der Waals surface area contributed by atoms with Crippen LogP contribution in [0.4, 0.5) is 0 Å². The van der Waals surface area contributed by atoms with Crippen molar-refractivity contribution in [1.29, 1.82) is 0 Å². The second kappa shape index (κ2) is 11.3. The average molecular weight is 382 g/mol. The number of likely N-dealkylation sites (tertiary alicyclic amines) is 1. The van der Waals surface area contributed by atoms with E-state index in [1.807, 2.05) is 0 Å². The van der Waals surface area contributed by atoms with E-state index in [0.29, 0.717) is 13.0 Å². The van der Waals surface area contributed by atoms with E-state index in [1.165, 1.54) is 12.8 Å². The summed E-state index contributed by atoms with van der Waals surface area (Å²) in [6.45, 7) is 8.47. The first-order chi connectivity index (χ1) is 8.77. The van der Waals surface area contributed by atoms with Crippen LogP contribution in [0, 0.1) is 0 Å². The topological polar surface area (TPSA) is 56.7 Å². The fourth-order valence-corrected chi connectivity index (χ4v) is 1.97. The summed E-state index contributed by atoms with van der Waals surface area (Å²) in [5.74, 6) is 1.05. The van der Waals surface area contributed by atoms with Crippen molar-refractivity contribution in [2.75, 3.05) is 32.7 Å². The molecule has 0 aromatic carbocycles. The summed E-state index contributed by atoms with van der Waals surface area (Å²) < 4.78 is 0. The lowest BCUT2D eigenvalue weighted by atomic mass is 10.4. The normalized spacial score (nSPS) is 15.1. The Labute approximate surface area is 133 Å². The van der Waals surface area contributed by atoms with Gasteiger partial charge < -0.3 is 15.5 Å². The first kappa shape index (κ1) is 18.5. The van der Waals surface area contributed by atoms with Crippen molar-refractivity contribution in [3.05, 3.63) is 0 Å². The second-order valence-corrected chi connectivity index (χ2v) is 4.53. The summed E-state index contributed by atoms with van der Waals surface area (Å²) in [4.78, 5) is 18.2. The maximum atomic E-state index is 11.4. The van der Waals surface area contributed by atoms with Gasteiger partial charge in [-0.1, -0.05) is 6.92 Å². The maximum absolute atomic E-state index is 11.4. The summed E-state index contributed by atoms with van der Waals surface area (Å²) in [5.41, 5.74) is 0. The van der Waals surface area contributed by atoms with Crippen LogP contribution in [-0.4, -0.2) is 49.5 Å². The van der Waals surface area contributed by atoms with Gasteiger partial charge in [-0.05, 0) is 26.2 Å². The van der Waals surface area contributed by atoms with Crippen molar-refractivity contribution >= 4 is 35.8 Å². The first-order valence-electron chi connectivity index (χ1n) is 7.07. The van der Waals surface area contributed by atoms with Crippen molar-refractivity contribution in [2.45, 2.75) is 39.5 Å². The number of amides is 1. The van der Waals surface area contributed by atoms with E-state index < -0.39 is 0 Å². The molecule has 0 aromatic heterocycles. The number of guanidine groups is 1. The standard InChI is InChI=1S/C13H26N4O.HI/c1-3-8-15-12(18)7-9-16-13(14-4-2)17-10-5-6-11-17;/h3-11H2,1-2H3,(H,14,16)(H,15,18);1H. The van der Waals surface area contributed by atoms with Gasteiger partial charge in [-0.15, -0.1) is 24.0 Å². The van der Waals surface area contributed by atoms with Crippen LogP contribution < -0.4 is 10.6 Å². The molecule has 1 heterocycles. The zero-order chi connectivity index (χ0) is 13.2. The number of hydrogen-bond donors (Lipinski definition) is 2. The van der Waals surface area contributed by atoms with E-state index >= 15 is 0 Å². The van der Waals surface area contributed by atoms with Gasteiger partial charge in [-0.2, -0.15) is 0 Å². The Hall–Kier alpha value is -0.530. The highest BCUT2D eigenvalue weighted by Gasteiger charge is 2.15. The zero-order valence-electron chi connectivity index (χ0n) is 12.1. The summed E-state index contributed by atoms with van der Waals surface area (Å²) in [6, 6.07) is 0. The minimum atomic E-state index is 0. The molecule has 6 heteroatoms. The van der Waals surface area contributed by atoms with Gasteiger partial charge in [0.05, 0.1) is 6.54 Å². The molecule has 1 saturated heterocycles. The number of hydrogen-bond acceptors (Lipinski definition) is 2. The Balaban J connectivity index is 0.00000324. The van der Waals surface area contributed by atoms with Gasteiger partial charge >= 0.3 is 0 Å². The van der Waals surface area contributed by atoms with Gasteiger partial charge in [0.2, 0.25) is 5.91 Å². The number of carbonyl (C=O) groups is 1. The number of aliphatic imine (C=N–C) groups is 1. The van der Waals surface area contributed by atoms with Crippen molar-refractivity contribution in [1.82, 2.24) is 15.5 Å². The molecule has 1 rings (SSSR count). The van der Waals surface area contributed by atoms with Crippen LogP contribution in [0.2, 0.25) is 0 Å². The monoisotopic (exact) mass is 382 g/mol. The molecule has 0 aromatic rings. The molecule has 0 unspecified atom stereocenters. The Bertz CT molecular complexity index is 278. The van der Waals surface area contributed by atoms with Crippen LogP contribution in [0.5, 0.6) is 0 Å². The van der Waals surface area contributed by atoms with E-state index in [-0.39, 0.29) is 29.9 Å². The molecule has 2 N–H and O–H groups in total. The van der Waals surface area contributed by atoms with Crippen LogP contribution in [0.3, 0.4) is 0 Å². The lowest BCUT2D eigenvalue weighted by Gasteiger charge is -2.20. The van der Waals surface area contributed by atoms with Gasteiger partial charge in [0.15, 0.2) is 5.96 Å². The number of carbonyl (C=O) groups excluding carboxylic acids is 1. The molecule has 1 aliphatic heterocycles. The molecule has 0 saturated carbocycles. The smallest absolute Gasteiger partial charge is 0.221 e. The summed E-state index contributed by atoms with van der Waals surface area (Å²) in [5, 5.41) is 6.15. The summed E-state index contributed by atoms with van der Waals surface area (Å²) in [6.07, 6.45) is 3.93. The van der Waals surface area contributed by atoms with Gasteiger partial charge in [-0.3, -0.25) is 9.79 Å². The number of rotatable bonds is 6. The largest absolute Gasteiger partial charge is 0.357 e. The molecule has 0 bridgehead atoms. The molecular weight excluding hydrogens is 355 g/mol. The fraction of sp³-hybridized carbons (Fsp3) is 0.846.